The maximum Gasteiger partial charge on any atom is 0.231 e. The summed E-state index contributed by atoms with van der Waals surface area (Å²) in [6.45, 7) is 1.60. The van der Waals surface area contributed by atoms with Crippen LogP contribution in [0.15, 0.2) is 29.0 Å². The second-order valence-electron chi connectivity index (χ2n) is 5.31. The molecule has 120 valence electrons. The van der Waals surface area contributed by atoms with Crippen LogP contribution < -0.4 is 10.2 Å². The zero-order chi connectivity index (χ0) is 16.6. The highest BCUT2D eigenvalue weighted by Gasteiger charge is 2.37. The molecule has 1 unspecified atom stereocenters. The average Bonchev–Trinajstić information content (AvgIpc) is 3.06. The molecule has 2 heterocycles. The molecule has 1 atom stereocenters. The van der Waals surface area contributed by atoms with Crippen molar-refractivity contribution in [1.29, 1.82) is 0 Å². The summed E-state index contributed by atoms with van der Waals surface area (Å²) in [5.74, 6) is -3.10. The molecule has 1 N–H and O–H groups in total. The summed E-state index contributed by atoms with van der Waals surface area (Å²) in [5.41, 5.74) is 0.213. The van der Waals surface area contributed by atoms with Gasteiger partial charge in [-0.25, -0.2) is 8.78 Å². The number of para-hydroxylation sites is 1. The zero-order valence-corrected chi connectivity index (χ0v) is 12.2. The van der Waals surface area contributed by atoms with E-state index in [1.165, 1.54) is 12.3 Å². The lowest BCUT2D eigenvalue weighted by Crippen LogP contribution is -2.29. The lowest BCUT2D eigenvalue weighted by molar-refractivity contribution is -0.122. The van der Waals surface area contributed by atoms with Crippen molar-refractivity contribution in [2.24, 2.45) is 5.92 Å². The first-order valence-corrected chi connectivity index (χ1v) is 6.93. The highest BCUT2D eigenvalue weighted by molar-refractivity contribution is 6.03. The molecular formula is C15H13F2N3O3. The van der Waals surface area contributed by atoms with Crippen LogP contribution in [0.5, 0.6) is 0 Å². The van der Waals surface area contributed by atoms with Gasteiger partial charge in [0.1, 0.15) is 23.6 Å². The van der Waals surface area contributed by atoms with E-state index in [-0.39, 0.29) is 18.8 Å². The highest BCUT2D eigenvalue weighted by atomic mass is 19.1. The van der Waals surface area contributed by atoms with Gasteiger partial charge in [0.05, 0.1) is 5.92 Å². The van der Waals surface area contributed by atoms with Crippen molar-refractivity contribution in [3.63, 3.8) is 0 Å². The molecule has 1 aliphatic rings. The second-order valence-corrected chi connectivity index (χ2v) is 5.31. The summed E-state index contributed by atoms with van der Waals surface area (Å²) >= 11 is 0. The van der Waals surface area contributed by atoms with E-state index >= 15 is 0 Å². The Morgan fingerprint density at radius 2 is 2.09 bits per heavy atom. The zero-order valence-electron chi connectivity index (χ0n) is 12.2. The number of benzene rings is 1. The molecule has 0 bridgehead atoms. The summed E-state index contributed by atoms with van der Waals surface area (Å²) in [6.07, 6.45) is 1.24. The SMILES string of the molecule is Cc1conc1NC(=O)C1CC(=O)N(c2c(F)cccc2F)C1. The standard InChI is InChI=1S/C15H13F2N3O3/c1-8-7-23-19-14(8)18-15(22)9-5-12(21)20(6-9)13-10(16)3-2-4-11(13)17/h2-4,7,9H,5-6H2,1H3,(H,18,19,22). The molecule has 1 fully saturated rings. The Kier molecular flexibility index (Phi) is 3.81. The van der Waals surface area contributed by atoms with Crippen LogP contribution in [-0.4, -0.2) is 23.5 Å². The third-order valence-corrected chi connectivity index (χ3v) is 3.69. The molecule has 0 saturated carbocycles. The van der Waals surface area contributed by atoms with Crippen LogP contribution in [-0.2, 0) is 9.59 Å². The van der Waals surface area contributed by atoms with Crippen molar-refractivity contribution < 1.29 is 22.9 Å². The highest BCUT2D eigenvalue weighted by Crippen LogP contribution is 2.30. The number of nitrogens with zero attached hydrogens (tertiary/aromatic N) is 2. The Bertz CT molecular complexity index is 755. The molecule has 2 aromatic rings. The smallest absolute Gasteiger partial charge is 0.231 e. The molecule has 1 saturated heterocycles. The largest absolute Gasteiger partial charge is 0.362 e. The van der Waals surface area contributed by atoms with Gasteiger partial charge in [-0.3, -0.25) is 9.59 Å². The van der Waals surface area contributed by atoms with Crippen molar-refractivity contribution in [2.45, 2.75) is 13.3 Å². The Hall–Kier alpha value is -2.77. The Balaban J connectivity index is 1.77. The average molecular weight is 321 g/mol. The summed E-state index contributed by atoms with van der Waals surface area (Å²) in [4.78, 5) is 25.2. The topological polar surface area (TPSA) is 75.4 Å². The molecule has 1 aliphatic heterocycles. The van der Waals surface area contributed by atoms with Crippen LogP contribution in [0.2, 0.25) is 0 Å². The van der Waals surface area contributed by atoms with Gasteiger partial charge in [0.2, 0.25) is 11.8 Å². The van der Waals surface area contributed by atoms with Crippen molar-refractivity contribution in [2.75, 3.05) is 16.8 Å². The number of amides is 2. The predicted molar refractivity (Wildman–Crippen MR) is 76.7 cm³/mol. The number of anilines is 2. The summed E-state index contributed by atoms with van der Waals surface area (Å²) in [7, 11) is 0. The number of halogens is 2. The minimum absolute atomic E-state index is 0.0978. The first-order valence-electron chi connectivity index (χ1n) is 6.93. The van der Waals surface area contributed by atoms with E-state index in [4.69, 9.17) is 4.52 Å². The summed E-state index contributed by atoms with van der Waals surface area (Å²) in [5, 5.41) is 6.17. The van der Waals surface area contributed by atoms with Crippen LogP contribution in [0.3, 0.4) is 0 Å². The number of aryl methyl sites for hydroxylation is 1. The summed E-state index contributed by atoms with van der Waals surface area (Å²) in [6, 6.07) is 3.35. The number of aromatic nitrogens is 1. The predicted octanol–water partition coefficient (Wildman–Crippen LogP) is 2.25. The number of hydrogen-bond acceptors (Lipinski definition) is 4. The van der Waals surface area contributed by atoms with Crippen LogP contribution in [0.1, 0.15) is 12.0 Å². The van der Waals surface area contributed by atoms with E-state index in [0.717, 1.165) is 17.0 Å². The molecule has 2 amide bonds. The van der Waals surface area contributed by atoms with Crippen molar-refractivity contribution >= 4 is 23.3 Å². The first kappa shape index (κ1) is 15.1. The molecular weight excluding hydrogens is 308 g/mol. The molecule has 8 heteroatoms. The van der Waals surface area contributed by atoms with E-state index in [1.807, 2.05) is 0 Å². The molecule has 0 spiro atoms. The van der Waals surface area contributed by atoms with Crippen molar-refractivity contribution in [1.82, 2.24) is 5.16 Å². The summed E-state index contributed by atoms with van der Waals surface area (Å²) < 4.78 is 32.3. The third kappa shape index (κ3) is 2.79. The molecule has 1 aromatic carbocycles. The van der Waals surface area contributed by atoms with Gasteiger partial charge in [-0.05, 0) is 19.1 Å². The Labute approximate surface area is 130 Å². The fourth-order valence-electron chi connectivity index (χ4n) is 2.47. The molecule has 0 aliphatic carbocycles. The van der Waals surface area contributed by atoms with Crippen LogP contribution in [0.25, 0.3) is 0 Å². The van der Waals surface area contributed by atoms with Gasteiger partial charge in [0, 0.05) is 18.5 Å². The molecule has 1 aromatic heterocycles. The van der Waals surface area contributed by atoms with Gasteiger partial charge < -0.3 is 14.7 Å². The van der Waals surface area contributed by atoms with E-state index in [1.54, 1.807) is 6.92 Å². The van der Waals surface area contributed by atoms with E-state index in [2.05, 4.69) is 10.5 Å². The number of rotatable bonds is 3. The number of carbonyl (C=O) groups is 2. The minimum atomic E-state index is -0.841. The van der Waals surface area contributed by atoms with E-state index in [9.17, 15) is 18.4 Å². The second kappa shape index (κ2) is 5.79. The van der Waals surface area contributed by atoms with Crippen LogP contribution >= 0.6 is 0 Å². The Morgan fingerprint density at radius 1 is 1.39 bits per heavy atom. The minimum Gasteiger partial charge on any atom is -0.362 e. The number of hydrogen-bond donors (Lipinski definition) is 1. The first-order chi connectivity index (χ1) is 11.0. The van der Waals surface area contributed by atoms with Gasteiger partial charge in [0.15, 0.2) is 5.82 Å². The van der Waals surface area contributed by atoms with Gasteiger partial charge in [-0.15, -0.1) is 0 Å². The number of nitrogens with one attached hydrogen (secondary N) is 1. The maximum atomic E-state index is 13.8. The molecule has 0 radical (unpaired) electrons. The van der Waals surface area contributed by atoms with E-state index in [0.29, 0.717) is 5.56 Å². The van der Waals surface area contributed by atoms with Crippen molar-refractivity contribution in [3.8, 4) is 0 Å². The van der Waals surface area contributed by atoms with Crippen LogP contribution in [0.4, 0.5) is 20.3 Å². The molecule has 23 heavy (non-hydrogen) atoms. The normalized spacial score (nSPS) is 17.6. The maximum absolute atomic E-state index is 13.8. The van der Waals surface area contributed by atoms with Gasteiger partial charge in [-0.2, -0.15) is 0 Å². The Morgan fingerprint density at radius 3 is 2.70 bits per heavy atom. The lowest BCUT2D eigenvalue weighted by atomic mass is 10.1. The number of carbonyl (C=O) groups excluding carboxylic acids is 2. The monoisotopic (exact) mass is 321 g/mol. The molecule has 6 nitrogen and oxygen atoms in total. The molecule has 3 rings (SSSR count). The van der Waals surface area contributed by atoms with Crippen molar-refractivity contribution in [3.05, 3.63) is 41.7 Å². The quantitative estimate of drug-likeness (QED) is 0.941. The fraction of sp³-hybridized carbons (Fsp3) is 0.267. The van der Waals surface area contributed by atoms with Gasteiger partial charge >= 0.3 is 0 Å². The van der Waals surface area contributed by atoms with Crippen LogP contribution in [0, 0.1) is 24.5 Å². The fourth-order valence-corrected chi connectivity index (χ4v) is 2.47. The third-order valence-electron chi connectivity index (χ3n) is 3.69. The van der Waals surface area contributed by atoms with Gasteiger partial charge in [0.25, 0.3) is 0 Å². The van der Waals surface area contributed by atoms with E-state index < -0.39 is 35.1 Å². The lowest BCUT2D eigenvalue weighted by Gasteiger charge is -2.18. The van der Waals surface area contributed by atoms with Gasteiger partial charge in [-0.1, -0.05) is 11.2 Å².